The Morgan fingerprint density at radius 3 is 0.780 bits per heavy atom. The normalized spacial score (nSPS) is 14.5. The number of phosphoric ester groups is 2. The lowest BCUT2D eigenvalue weighted by Crippen LogP contribution is -2.30. The average Bonchev–Trinajstić information content (AvgIpc) is 3.67. The minimum Gasteiger partial charge on any atom is -0.462 e. The number of ether oxygens (including phenoxy) is 4. The van der Waals surface area contributed by atoms with Crippen LogP contribution in [-0.2, 0) is 65.4 Å². The second-order valence-corrected chi connectivity index (χ2v) is 30.6. The molecule has 0 fully saturated rings. The number of carbonyl (C=O) groups excluding carboxylic acids is 4. The highest BCUT2D eigenvalue weighted by atomic mass is 31.2. The number of hydrogen-bond acceptors (Lipinski definition) is 15. The zero-order chi connectivity index (χ0) is 67.5. The highest BCUT2D eigenvalue weighted by molar-refractivity contribution is 7.47. The summed E-state index contributed by atoms with van der Waals surface area (Å²) in [6, 6.07) is 0. The lowest BCUT2D eigenvalue weighted by Gasteiger charge is -2.21. The van der Waals surface area contributed by atoms with Gasteiger partial charge < -0.3 is 33.8 Å². The van der Waals surface area contributed by atoms with Crippen LogP contribution in [0.1, 0.15) is 357 Å². The fourth-order valence-electron chi connectivity index (χ4n) is 10.8. The van der Waals surface area contributed by atoms with Gasteiger partial charge >= 0.3 is 39.5 Å². The number of carbonyl (C=O) groups is 4. The van der Waals surface area contributed by atoms with Gasteiger partial charge in [0.15, 0.2) is 12.2 Å². The van der Waals surface area contributed by atoms with Crippen LogP contribution >= 0.6 is 15.6 Å². The Kier molecular flexibility index (Phi) is 60.3. The lowest BCUT2D eigenvalue weighted by molar-refractivity contribution is -0.161. The molecule has 0 rings (SSSR count). The Morgan fingerprint density at radius 2 is 0.527 bits per heavy atom. The van der Waals surface area contributed by atoms with E-state index in [0.29, 0.717) is 31.6 Å². The molecule has 0 aromatic rings. The van der Waals surface area contributed by atoms with E-state index in [4.69, 9.17) is 37.0 Å². The Labute approximate surface area is 556 Å². The number of hydrogen-bond donors (Lipinski definition) is 3. The zero-order valence-corrected chi connectivity index (χ0v) is 61.3. The van der Waals surface area contributed by atoms with Gasteiger partial charge in [0, 0.05) is 25.7 Å². The molecule has 3 unspecified atom stereocenters. The third-order valence-electron chi connectivity index (χ3n) is 16.9. The van der Waals surface area contributed by atoms with Gasteiger partial charge in [0.2, 0.25) is 0 Å². The number of aliphatic hydroxyl groups is 1. The van der Waals surface area contributed by atoms with Gasteiger partial charge in [0.05, 0.1) is 26.4 Å². The first-order valence-electron chi connectivity index (χ1n) is 37.2. The van der Waals surface area contributed by atoms with Crippen molar-refractivity contribution in [1.82, 2.24) is 0 Å². The Balaban J connectivity index is 5.22. The third-order valence-corrected chi connectivity index (χ3v) is 18.8. The Hall–Kier alpha value is -1.94. The molecule has 540 valence electrons. The monoisotopic (exact) mass is 1340 g/mol. The summed E-state index contributed by atoms with van der Waals surface area (Å²) < 4.78 is 68.3. The predicted molar refractivity (Wildman–Crippen MR) is 367 cm³/mol. The van der Waals surface area contributed by atoms with E-state index >= 15 is 0 Å². The van der Waals surface area contributed by atoms with Gasteiger partial charge in [0.1, 0.15) is 19.3 Å². The average molecular weight is 1340 g/mol. The van der Waals surface area contributed by atoms with E-state index in [1.54, 1.807) is 0 Å². The van der Waals surface area contributed by atoms with Crippen molar-refractivity contribution in [3.8, 4) is 0 Å². The molecule has 0 radical (unpaired) electrons. The second kappa shape index (κ2) is 61.6. The minimum absolute atomic E-state index is 0.104. The highest BCUT2D eigenvalue weighted by Crippen LogP contribution is 2.45. The molecular formula is C72H140O17P2. The quantitative estimate of drug-likeness (QED) is 0.0222. The summed E-state index contributed by atoms with van der Waals surface area (Å²) in [6.07, 6.45) is 44.6. The summed E-state index contributed by atoms with van der Waals surface area (Å²) in [5.41, 5.74) is 0. The van der Waals surface area contributed by atoms with Gasteiger partial charge in [-0.3, -0.25) is 37.3 Å². The van der Waals surface area contributed by atoms with E-state index < -0.39 is 97.5 Å². The van der Waals surface area contributed by atoms with Crippen LogP contribution in [0.3, 0.4) is 0 Å². The van der Waals surface area contributed by atoms with Crippen LogP contribution in [0.5, 0.6) is 0 Å². The fraction of sp³-hybridized carbons (Fsp3) is 0.944. The second-order valence-electron chi connectivity index (χ2n) is 27.6. The number of phosphoric acid groups is 2. The summed E-state index contributed by atoms with van der Waals surface area (Å²) >= 11 is 0. The van der Waals surface area contributed by atoms with Crippen LogP contribution in [-0.4, -0.2) is 96.7 Å². The maximum atomic E-state index is 13.0. The molecule has 0 heterocycles. The number of esters is 4. The van der Waals surface area contributed by atoms with Gasteiger partial charge in [-0.25, -0.2) is 9.13 Å². The van der Waals surface area contributed by atoms with Crippen molar-refractivity contribution >= 4 is 39.5 Å². The fourth-order valence-corrected chi connectivity index (χ4v) is 12.4. The van der Waals surface area contributed by atoms with Crippen molar-refractivity contribution in [2.24, 2.45) is 23.7 Å². The highest BCUT2D eigenvalue weighted by Gasteiger charge is 2.30. The number of rotatable bonds is 69. The van der Waals surface area contributed by atoms with Crippen LogP contribution in [0.2, 0.25) is 0 Å². The molecule has 6 atom stereocenters. The molecule has 0 aromatic carbocycles. The number of unbranched alkanes of at least 4 members (excludes halogenated alkanes) is 34. The van der Waals surface area contributed by atoms with Gasteiger partial charge in [-0.1, -0.05) is 306 Å². The van der Waals surface area contributed by atoms with Crippen LogP contribution in [0, 0.1) is 23.7 Å². The maximum absolute atomic E-state index is 13.0. The van der Waals surface area contributed by atoms with Crippen LogP contribution in [0.15, 0.2) is 0 Å². The smallest absolute Gasteiger partial charge is 0.462 e. The van der Waals surface area contributed by atoms with Crippen molar-refractivity contribution in [1.29, 1.82) is 0 Å². The molecule has 0 saturated carbocycles. The molecule has 3 N–H and O–H groups in total. The minimum atomic E-state index is -4.95. The Bertz CT molecular complexity index is 1800. The first-order valence-corrected chi connectivity index (χ1v) is 40.2. The molecule has 0 spiro atoms. The molecular weight excluding hydrogens is 1200 g/mol. The molecule has 0 aliphatic carbocycles. The van der Waals surface area contributed by atoms with E-state index in [-0.39, 0.29) is 25.7 Å². The summed E-state index contributed by atoms with van der Waals surface area (Å²) in [6.45, 7) is 14.1. The molecule has 19 heteroatoms. The topological polar surface area (TPSA) is 237 Å². The molecule has 0 bridgehead atoms. The molecule has 0 aliphatic rings. The maximum Gasteiger partial charge on any atom is 0.472 e. The van der Waals surface area contributed by atoms with E-state index in [1.165, 1.54) is 154 Å². The lowest BCUT2D eigenvalue weighted by atomic mass is 9.99. The van der Waals surface area contributed by atoms with Crippen LogP contribution < -0.4 is 0 Å². The molecule has 0 saturated heterocycles. The van der Waals surface area contributed by atoms with Crippen molar-refractivity contribution in [3.05, 3.63) is 0 Å². The zero-order valence-electron chi connectivity index (χ0n) is 59.5. The first-order chi connectivity index (χ1) is 43.6. The van der Waals surface area contributed by atoms with E-state index in [9.17, 15) is 43.2 Å². The standard InChI is InChI=1S/C72H140O17P2/c1-9-65(8)51-43-35-26-20-14-12-10-11-13-15-21-28-38-46-54-71(76)89-68(59-83-70(75)53-45-37-31-30-34-42-50-64(6)7)61-87-91(80,81)85-57-66(73)56-84-90(78,79)86-60-67(88-72(77)55-47-39-29-23-17-19-25-33-41-49-63(4)5)58-82-69(74)52-44-36-27-22-16-18-24-32-40-48-62(2)3/h62-68,73H,9-61H2,1-8H3,(H,78,79)(H,80,81)/t65?,66-,67-,68-/m1/s1. The largest absolute Gasteiger partial charge is 0.472 e. The predicted octanol–water partition coefficient (Wildman–Crippen LogP) is 20.5. The molecule has 0 aromatic heterocycles. The van der Waals surface area contributed by atoms with E-state index in [2.05, 4.69) is 55.4 Å². The van der Waals surface area contributed by atoms with Crippen molar-refractivity contribution in [2.75, 3.05) is 39.6 Å². The first kappa shape index (κ1) is 89.1. The molecule has 0 aliphatic heterocycles. The van der Waals surface area contributed by atoms with Gasteiger partial charge in [-0.2, -0.15) is 0 Å². The van der Waals surface area contributed by atoms with Crippen LogP contribution in [0.25, 0.3) is 0 Å². The summed E-state index contributed by atoms with van der Waals surface area (Å²) in [4.78, 5) is 72.6. The third kappa shape index (κ3) is 65.1. The van der Waals surface area contributed by atoms with Crippen LogP contribution in [0.4, 0.5) is 0 Å². The molecule has 91 heavy (non-hydrogen) atoms. The number of aliphatic hydroxyl groups excluding tert-OH is 1. The van der Waals surface area contributed by atoms with E-state index in [1.807, 2.05) is 0 Å². The SMILES string of the molecule is CCC(C)CCCCCCCCCCCCCCCCC(=O)O[C@H](COC(=O)CCCCCCCCC(C)C)COP(=O)(O)OC[C@H](O)COP(=O)(O)OC[C@@H](COC(=O)CCCCCCCCCCCC(C)C)OC(=O)CCCCCCCCCCCC(C)C. The van der Waals surface area contributed by atoms with Crippen molar-refractivity contribution < 1.29 is 80.2 Å². The van der Waals surface area contributed by atoms with E-state index in [0.717, 1.165) is 114 Å². The summed E-state index contributed by atoms with van der Waals surface area (Å²) in [7, 11) is -9.90. The molecule has 0 amide bonds. The van der Waals surface area contributed by atoms with Gasteiger partial charge in [-0.15, -0.1) is 0 Å². The van der Waals surface area contributed by atoms with Gasteiger partial charge in [-0.05, 0) is 49.4 Å². The Morgan fingerprint density at radius 1 is 0.308 bits per heavy atom. The molecule has 17 nitrogen and oxygen atoms in total. The van der Waals surface area contributed by atoms with Gasteiger partial charge in [0.25, 0.3) is 0 Å². The summed E-state index contributed by atoms with van der Waals surface area (Å²) in [5, 5.41) is 10.6. The van der Waals surface area contributed by atoms with Crippen molar-refractivity contribution in [2.45, 2.75) is 375 Å². The van der Waals surface area contributed by atoms with Crippen molar-refractivity contribution in [3.63, 3.8) is 0 Å². The summed E-state index contributed by atoms with van der Waals surface area (Å²) in [5.74, 6) is 0.877.